The van der Waals surface area contributed by atoms with E-state index in [0.29, 0.717) is 42.1 Å². The third-order valence-corrected chi connectivity index (χ3v) is 3.47. The fourth-order valence-electron chi connectivity index (χ4n) is 2.02. The molecule has 0 aliphatic carbocycles. The zero-order valence-corrected chi connectivity index (χ0v) is 12.4. The standard InChI is InChI=1S/C13H16Cl2N2O3/c14-9-1-2-11(15)12(5-9)20-8-10-6-17(3-4-19-10)7-13(16)18/h1-2,5,10H,3-4,6-8H2,(H2,16,18). The lowest BCUT2D eigenvalue weighted by Crippen LogP contribution is -2.47. The Morgan fingerprint density at radius 2 is 2.30 bits per heavy atom. The molecule has 0 radical (unpaired) electrons. The van der Waals surface area contributed by atoms with Crippen LogP contribution in [0.15, 0.2) is 18.2 Å². The lowest BCUT2D eigenvalue weighted by Gasteiger charge is -2.31. The Labute approximate surface area is 127 Å². The molecule has 2 N–H and O–H groups in total. The number of nitrogens with two attached hydrogens (primary N) is 1. The van der Waals surface area contributed by atoms with Gasteiger partial charge in [-0.3, -0.25) is 9.69 Å². The molecular weight excluding hydrogens is 303 g/mol. The molecule has 1 saturated heterocycles. The zero-order chi connectivity index (χ0) is 14.5. The smallest absolute Gasteiger partial charge is 0.231 e. The van der Waals surface area contributed by atoms with Gasteiger partial charge in [-0.05, 0) is 12.1 Å². The largest absolute Gasteiger partial charge is 0.489 e. The molecule has 1 aromatic rings. The van der Waals surface area contributed by atoms with Crippen molar-refractivity contribution in [3.63, 3.8) is 0 Å². The van der Waals surface area contributed by atoms with E-state index in [2.05, 4.69) is 0 Å². The number of benzene rings is 1. The number of hydrogen-bond donors (Lipinski definition) is 1. The molecule has 1 aliphatic heterocycles. The summed E-state index contributed by atoms with van der Waals surface area (Å²) in [4.78, 5) is 12.9. The first-order valence-electron chi connectivity index (χ1n) is 6.24. The maximum Gasteiger partial charge on any atom is 0.231 e. The molecule has 0 bridgehead atoms. The SMILES string of the molecule is NC(=O)CN1CCOC(COc2cc(Cl)ccc2Cl)C1. The van der Waals surface area contributed by atoms with E-state index in [1.165, 1.54) is 0 Å². The maximum absolute atomic E-state index is 10.9. The highest BCUT2D eigenvalue weighted by molar-refractivity contribution is 6.34. The number of halogens is 2. The van der Waals surface area contributed by atoms with Gasteiger partial charge in [0.05, 0.1) is 18.2 Å². The highest BCUT2D eigenvalue weighted by atomic mass is 35.5. The summed E-state index contributed by atoms with van der Waals surface area (Å²) in [5, 5.41) is 1.06. The molecule has 1 aliphatic rings. The van der Waals surface area contributed by atoms with Crippen molar-refractivity contribution in [3.8, 4) is 5.75 Å². The van der Waals surface area contributed by atoms with E-state index in [9.17, 15) is 4.79 Å². The van der Waals surface area contributed by atoms with Crippen molar-refractivity contribution in [3.05, 3.63) is 28.2 Å². The minimum atomic E-state index is -0.343. The van der Waals surface area contributed by atoms with Gasteiger partial charge in [0.25, 0.3) is 0 Å². The third-order valence-electron chi connectivity index (χ3n) is 2.92. The van der Waals surface area contributed by atoms with Crippen LogP contribution >= 0.6 is 23.2 Å². The number of nitrogens with zero attached hydrogens (tertiary/aromatic N) is 1. The van der Waals surface area contributed by atoms with Gasteiger partial charge in [0.1, 0.15) is 18.5 Å². The van der Waals surface area contributed by atoms with Crippen LogP contribution in [-0.4, -0.2) is 49.8 Å². The average Bonchev–Trinajstić information content (AvgIpc) is 2.39. The normalized spacial score (nSPS) is 19.8. The molecule has 20 heavy (non-hydrogen) atoms. The summed E-state index contributed by atoms with van der Waals surface area (Å²) < 4.78 is 11.2. The molecule has 2 rings (SSSR count). The van der Waals surface area contributed by atoms with Gasteiger partial charge in [-0.2, -0.15) is 0 Å². The number of primary amides is 1. The van der Waals surface area contributed by atoms with Crippen LogP contribution in [0.2, 0.25) is 10.0 Å². The molecule has 1 atom stereocenters. The van der Waals surface area contributed by atoms with E-state index >= 15 is 0 Å². The summed E-state index contributed by atoms with van der Waals surface area (Å²) in [6.45, 7) is 2.41. The van der Waals surface area contributed by atoms with Gasteiger partial charge >= 0.3 is 0 Å². The Balaban J connectivity index is 1.87. The van der Waals surface area contributed by atoms with Crippen LogP contribution in [0.25, 0.3) is 0 Å². The van der Waals surface area contributed by atoms with E-state index in [-0.39, 0.29) is 18.6 Å². The molecule has 1 amide bonds. The van der Waals surface area contributed by atoms with E-state index in [0.717, 1.165) is 0 Å². The Morgan fingerprint density at radius 1 is 1.50 bits per heavy atom. The Morgan fingerprint density at radius 3 is 3.05 bits per heavy atom. The van der Waals surface area contributed by atoms with Crippen molar-refractivity contribution in [1.82, 2.24) is 4.90 Å². The number of carbonyl (C=O) groups is 1. The second kappa shape index (κ2) is 7.13. The number of amides is 1. The van der Waals surface area contributed by atoms with Crippen molar-refractivity contribution in [1.29, 1.82) is 0 Å². The Hall–Kier alpha value is -1.01. The number of carbonyl (C=O) groups excluding carboxylic acids is 1. The van der Waals surface area contributed by atoms with E-state index in [4.69, 9.17) is 38.4 Å². The molecule has 0 aromatic heterocycles. The number of rotatable bonds is 5. The summed E-state index contributed by atoms with van der Waals surface area (Å²) in [5.41, 5.74) is 5.19. The Kier molecular flexibility index (Phi) is 5.48. The van der Waals surface area contributed by atoms with Gasteiger partial charge in [0.2, 0.25) is 5.91 Å². The number of morpholine rings is 1. The van der Waals surface area contributed by atoms with Crippen molar-refractivity contribution >= 4 is 29.1 Å². The van der Waals surface area contributed by atoms with Gasteiger partial charge in [-0.1, -0.05) is 23.2 Å². The van der Waals surface area contributed by atoms with E-state index < -0.39 is 0 Å². The van der Waals surface area contributed by atoms with Gasteiger partial charge in [0.15, 0.2) is 0 Å². The predicted molar refractivity (Wildman–Crippen MR) is 77.3 cm³/mol. The predicted octanol–water partition coefficient (Wildman–Crippen LogP) is 1.56. The van der Waals surface area contributed by atoms with Crippen molar-refractivity contribution in [2.24, 2.45) is 5.73 Å². The summed E-state index contributed by atoms with van der Waals surface area (Å²) in [6.07, 6.45) is -0.127. The zero-order valence-electron chi connectivity index (χ0n) is 10.9. The molecule has 1 fully saturated rings. The fraction of sp³-hybridized carbons (Fsp3) is 0.462. The first kappa shape index (κ1) is 15.4. The van der Waals surface area contributed by atoms with E-state index in [1.54, 1.807) is 18.2 Å². The number of hydrogen-bond acceptors (Lipinski definition) is 4. The van der Waals surface area contributed by atoms with Crippen LogP contribution in [0.3, 0.4) is 0 Å². The summed E-state index contributed by atoms with van der Waals surface area (Å²) in [6, 6.07) is 5.04. The van der Waals surface area contributed by atoms with Gasteiger partial charge in [-0.25, -0.2) is 0 Å². The first-order valence-corrected chi connectivity index (χ1v) is 7.00. The van der Waals surface area contributed by atoms with Crippen LogP contribution < -0.4 is 10.5 Å². The Bertz CT molecular complexity index is 485. The minimum Gasteiger partial charge on any atom is -0.489 e. The highest BCUT2D eigenvalue weighted by Crippen LogP contribution is 2.28. The lowest BCUT2D eigenvalue weighted by molar-refractivity contribution is -0.121. The van der Waals surface area contributed by atoms with Crippen molar-refractivity contribution in [2.75, 3.05) is 32.8 Å². The van der Waals surface area contributed by atoms with Gasteiger partial charge in [0, 0.05) is 24.2 Å². The van der Waals surface area contributed by atoms with Crippen LogP contribution in [0.5, 0.6) is 5.75 Å². The van der Waals surface area contributed by atoms with Crippen LogP contribution in [-0.2, 0) is 9.53 Å². The van der Waals surface area contributed by atoms with Crippen LogP contribution in [0.4, 0.5) is 0 Å². The average molecular weight is 319 g/mol. The quantitative estimate of drug-likeness (QED) is 0.894. The monoisotopic (exact) mass is 318 g/mol. The molecule has 1 heterocycles. The van der Waals surface area contributed by atoms with Crippen LogP contribution in [0.1, 0.15) is 0 Å². The van der Waals surface area contributed by atoms with Crippen LogP contribution in [0, 0.1) is 0 Å². The second-order valence-electron chi connectivity index (χ2n) is 4.58. The molecule has 110 valence electrons. The fourth-order valence-corrected chi connectivity index (χ4v) is 2.35. The lowest BCUT2D eigenvalue weighted by atomic mass is 10.2. The molecular formula is C13H16Cl2N2O3. The highest BCUT2D eigenvalue weighted by Gasteiger charge is 2.22. The molecule has 1 aromatic carbocycles. The number of ether oxygens (including phenoxy) is 2. The summed E-state index contributed by atoms with van der Waals surface area (Å²) >= 11 is 11.9. The van der Waals surface area contributed by atoms with Crippen molar-refractivity contribution in [2.45, 2.75) is 6.10 Å². The summed E-state index contributed by atoms with van der Waals surface area (Å²) in [5.74, 6) is 0.180. The molecule has 0 saturated carbocycles. The third kappa shape index (κ3) is 4.52. The minimum absolute atomic E-state index is 0.127. The van der Waals surface area contributed by atoms with Gasteiger partial charge < -0.3 is 15.2 Å². The molecule has 5 nitrogen and oxygen atoms in total. The van der Waals surface area contributed by atoms with Gasteiger partial charge in [-0.15, -0.1) is 0 Å². The van der Waals surface area contributed by atoms with E-state index in [1.807, 2.05) is 4.90 Å². The molecule has 0 spiro atoms. The maximum atomic E-state index is 10.9. The molecule has 7 heteroatoms. The topological polar surface area (TPSA) is 64.8 Å². The summed E-state index contributed by atoms with van der Waals surface area (Å²) in [7, 11) is 0. The molecule has 1 unspecified atom stereocenters. The van der Waals surface area contributed by atoms with Crippen molar-refractivity contribution < 1.29 is 14.3 Å². The first-order chi connectivity index (χ1) is 9.54. The second-order valence-corrected chi connectivity index (χ2v) is 5.42.